The summed E-state index contributed by atoms with van der Waals surface area (Å²) in [7, 11) is 0. The molecule has 1 aliphatic rings. The van der Waals surface area contributed by atoms with Crippen molar-refractivity contribution in [3.05, 3.63) is 29.8 Å². The van der Waals surface area contributed by atoms with E-state index in [9.17, 15) is 4.79 Å². The van der Waals surface area contributed by atoms with E-state index in [1.807, 2.05) is 29.2 Å². The molecule has 1 saturated heterocycles. The van der Waals surface area contributed by atoms with Crippen molar-refractivity contribution in [3.63, 3.8) is 0 Å². The zero-order valence-corrected chi connectivity index (χ0v) is 11.8. The third-order valence-electron chi connectivity index (χ3n) is 4.03. The Labute approximate surface area is 115 Å². The number of nitrogens with two attached hydrogens (primary N) is 1. The van der Waals surface area contributed by atoms with Crippen molar-refractivity contribution in [1.82, 2.24) is 4.90 Å². The van der Waals surface area contributed by atoms with Crippen LogP contribution in [0.25, 0.3) is 0 Å². The first kappa shape index (κ1) is 13.9. The number of aryl methyl sites for hydroxylation is 1. The van der Waals surface area contributed by atoms with Gasteiger partial charge in [-0.15, -0.1) is 0 Å². The van der Waals surface area contributed by atoms with Crippen molar-refractivity contribution >= 4 is 11.6 Å². The summed E-state index contributed by atoms with van der Waals surface area (Å²) in [5.41, 5.74) is 7.78. The number of hydrogen-bond donors (Lipinski definition) is 1. The number of anilines is 1. The van der Waals surface area contributed by atoms with Gasteiger partial charge in [-0.05, 0) is 43.2 Å². The van der Waals surface area contributed by atoms with E-state index in [-0.39, 0.29) is 5.91 Å². The van der Waals surface area contributed by atoms with Crippen molar-refractivity contribution in [2.75, 3.05) is 18.8 Å². The summed E-state index contributed by atoms with van der Waals surface area (Å²) in [6, 6.07) is 7.81. The van der Waals surface area contributed by atoms with Crippen LogP contribution in [0.2, 0.25) is 0 Å². The van der Waals surface area contributed by atoms with Gasteiger partial charge in [0.1, 0.15) is 0 Å². The Hall–Kier alpha value is -1.51. The predicted molar refractivity (Wildman–Crippen MR) is 78.8 cm³/mol. The molecule has 1 heterocycles. The molecule has 19 heavy (non-hydrogen) atoms. The van der Waals surface area contributed by atoms with Gasteiger partial charge >= 0.3 is 0 Å². The highest BCUT2D eigenvalue weighted by Gasteiger charge is 2.18. The number of nitrogens with zero attached hydrogens (tertiary/aromatic N) is 1. The lowest BCUT2D eigenvalue weighted by atomic mass is 10.0. The summed E-state index contributed by atoms with van der Waals surface area (Å²) in [6.45, 7) is 4.12. The second-order valence-corrected chi connectivity index (χ2v) is 5.62. The number of amides is 1. The minimum Gasteiger partial charge on any atom is -0.399 e. The number of hydrogen-bond acceptors (Lipinski definition) is 2. The van der Waals surface area contributed by atoms with Gasteiger partial charge in [-0.25, -0.2) is 0 Å². The molecule has 2 rings (SSSR count). The van der Waals surface area contributed by atoms with Crippen LogP contribution in [0.15, 0.2) is 24.3 Å². The first-order valence-electron chi connectivity index (χ1n) is 7.28. The summed E-state index contributed by atoms with van der Waals surface area (Å²) in [6.07, 6.45) is 4.84. The highest BCUT2D eigenvalue weighted by Crippen LogP contribution is 2.18. The molecule has 1 aromatic carbocycles. The van der Waals surface area contributed by atoms with Gasteiger partial charge in [-0.3, -0.25) is 4.79 Å². The Balaban J connectivity index is 1.86. The molecule has 1 fully saturated rings. The maximum absolute atomic E-state index is 12.2. The van der Waals surface area contributed by atoms with E-state index in [2.05, 4.69) is 6.92 Å². The van der Waals surface area contributed by atoms with E-state index in [0.29, 0.717) is 6.42 Å². The smallest absolute Gasteiger partial charge is 0.222 e. The second kappa shape index (κ2) is 6.60. The number of rotatable bonds is 3. The Kier molecular flexibility index (Phi) is 4.83. The zero-order valence-electron chi connectivity index (χ0n) is 11.8. The van der Waals surface area contributed by atoms with Crippen molar-refractivity contribution < 1.29 is 4.79 Å². The summed E-state index contributed by atoms with van der Waals surface area (Å²) in [5, 5.41) is 0. The summed E-state index contributed by atoms with van der Waals surface area (Å²) < 4.78 is 0. The van der Waals surface area contributed by atoms with Crippen molar-refractivity contribution in [2.45, 2.75) is 39.0 Å². The fourth-order valence-corrected chi connectivity index (χ4v) is 2.67. The van der Waals surface area contributed by atoms with E-state index >= 15 is 0 Å². The van der Waals surface area contributed by atoms with E-state index in [0.717, 1.165) is 49.5 Å². The first-order chi connectivity index (χ1) is 9.16. The number of para-hydroxylation sites is 1. The van der Waals surface area contributed by atoms with Crippen LogP contribution in [0.4, 0.5) is 5.69 Å². The molecule has 1 atom stereocenters. The number of benzene rings is 1. The van der Waals surface area contributed by atoms with Gasteiger partial charge in [0.05, 0.1) is 0 Å². The molecule has 0 radical (unpaired) electrons. The maximum Gasteiger partial charge on any atom is 0.222 e. The molecule has 1 aliphatic heterocycles. The monoisotopic (exact) mass is 260 g/mol. The SMILES string of the molecule is CC1CCCN(C(=O)CCc2ccccc2N)CC1. The number of carbonyl (C=O) groups is 1. The quantitative estimate of drug-likeness (QED) is 0.849. The Morgan fingerprint density at radius 2 is 2.11 bits per heavy atom. The Morgan fingerprint density at radius 3 is 2.89 bits per heavy atom. The molecule has 1 unspecified atom stereocenters. The fraction of sp³-hybridized carbons (Fsp3) is 0.562. The molecule has 0 spiro atoms. The Morgan fingerprint density at radius 1 is 1.32 bits per heavy atom. The second-order valence-electron chi connectivity index (χ2n) is 5.62. The van der Waals surface area contributed by atoms with Crippen LogP contribution >= 0.6 is 0 Å². The first-order valence-corrected chi connectivity index (χ1v) is 7.28. The lowest BCUT2D eigenvalue weighted by molar-refractivity contribution is -0.131. The van der Waals surface area contributed by atoms with Crippen molar-refractivity contribution in [1.29, 1.82) is 0 Å². The van der Waals surface area contributed by atoms with Crippen molar-refractivity contribution in [2.24, 2.45) is 5.92 Å². The topological polar surface area (TPSA) is 46.3 Å². The normalized spacial score (nSPS) is 20.1. The predicted octanol–water partition coefficient (Wildman–Crippen LogP) is 2.85. The van der Waals surface area contributed by atoms with Crippen LogP contribution in [-0.4, -0.2) is 23.9 Å². The van der Waals surface area contributed by atoms with E-state index in [4.69, 9.17) is 5.73 Å². The average molecular weight is 260 g/mol. The molecular weight excluding hydrogens is 236 g/mol. The number of likely N-dealkylation sites (tertiary alicyclic amines) is 1. The maximum atomic E-state index is 12.2. The minimum atomic E-state index is 0.275. The summed E-state index contributed by atoms with van der Waals surface area (Å²) in [4.78, 5) is 14.3. The van der Waals surface area contributed by atoms with Crippen LogP contribution in [0.1, 0.15) is 38.2 Å². The Bertz CT molecular complexity index is 431. The molecule has 0 saturated carbocycles. The largest absolute Gasteiger partial charge is 0.399 e. The third kappa shape index (κ3) is 3.98. The lowest BCUT2D eigenvalue weighted by Gasteiger charge is -2.20. The molecule has 104 valence electrons. The van der Waals surface area contributed by atoms with E-state index in [1.54, 1.807) is 0 Å². The highest BCUT2D eigenvalue weighted by atomic mass is 16.2. The third-order valence-corrected chi connectivity index (χ3v) is 4.03. The van der Waals surface area contributed by atoms with E-state index < -0.39 is 0 Å². The number of carbonyl (C=O) groups excluding carboxylic acids is 1. The minimum absolute atomic E-state index is 0.275. The molecule has 1 aromatic rings. The molecule has 2 N–H and O–H groups in total. The van der Waals surface area contributed by atoms with Gasteiger partial charge < -0.3 is 10.6 Å². The van der Waals surface area contributed by atoms with E-state index in [1.165, 1.54) is 6.42 Å². The van der Waals surface area contributed by atoms with Gasteiger partial charge in [-0.2, -0.15) is 0 Å². The molecule has 3 heteroatoms. The number of nitrogen functional groups attached to an aromatic ring is 1. The molecule has 0 aromatic heterocycles. The van der Waals surface area contributed by atoms with Crippen LogP contribution in [0, 0.1) is 5.92 Å². The van der Waals surface area contributed by atoms with Crippen LogP contribution in [0.3, 0.4) is 0 Å². The molecule has 3 nitrogen and oxygen atoms in total. The van der Waals surface area contributed by atoms with Gasteiger partial charge in [0, 0.05) is 25.2 Å². The van der Waals surface area contributed by atoms with Crippen LogP contribution in [0.5, 0.6) is 0 Å². The van der Waals surface area contributed by atoms with Crippen molar-refractivity contribution in [3.8, 4) is 0 Å². The molecule has 0 aliphatic carbocycles. The van der Waals surface area contributed by atoms with Crippen LogP contribution < -0.4 is 5.73 Å². The highest BCUT2D eigenvalue weighted by molar-refractivity contribution is 5.76. The van der Waals surface area contributed by atoms with Crippen LogP contribution in [-0.2, 0) is 11.2 Å². The van der Waals surface area contributed by atoms with Gasteiger partial charge in [0.2, 0.25) is 5.91 Å². The standard InChI is InChI=1S/C16H24N2O/c1-13-5-4-11-18(12-10-13)16(19)9-8-14-6-2-3-7-15(14)17/h2-3,6-7,13H,4-5,8-12,17H2,1H3. The zero-order chi connectivity index (χ0) is 13.7. The molecule has 0 bridgehead atoms. The summed E-state index contributed by atoms with van der Waals surface area (Å²) in [5.74, 6) is 1.03. The van der Waals surface area contributed by atoms with Gasteiger partial charge in [-0.1, -0.05) is 25.1 Å². The molecular formula is C16H24N2O. The fourth-order valence-electron chi connectivity index (χ4n) is 2.67. The van der Waals surface area contributed by atoms with Gasteiger partial charge in [0.25, 0.3) is 0 Å². The molecule has 1 amide bonds. The van der Waals surface area contributed by atoms with Gasteiger partial charge in [0.15, 0.2) is 0 Å². The lowest BCUT2D eigenvalue weighted by Crippen LogP contribution is -2.32. The average Bonchev–Trinajstić information content (AvgIpc) is 2.62. The summed E-state index contributed by atoms with van der Waals surface area (Å²) >= 11 is 0.